The molecule has 0 amide bonds. The molecule has 0 aliphatic rings. The second-order valence-electron chi connectivity index (χ2n) is 4.03. The summed E-state index contributed by atoms with van der Waals surface area (Å²) in [6.45, 7) is 1.81. The zero-order chi connectivity index (χ0) is 13.8. The van der Waals surface area contributed by atoms with Crippen LogP contribution in [-0.4, -0.2) is 40.4 Å². The largest absolute Gasteiger partial charge is 0.479 e. The van der Waals surface area contributed by atoms with Crippen LogP contribution in [0.3, 0.4) is 0 Å². The lowest BCUT2D eigenvalue weighted by Gasteiger charge is -2.19. The van der Waals surface area contributed by atoms with Crippen molar-refractivity contribution in [3.63, 3.8) is 0 Å². The maximum Gasteiger partial charge on any atom is 0.240 e. The average Bonchev–Trinajstić information content (AvgIpc) is 2.28. The summed E-state index contributed by atoms with van der Waals surface area (Å²) >= 11 is 0. The zero-order valence-corrected chi connectivity index (χ0v) is 11.9. The van der Waals surface area contributed by atoms with Gasteiger partial charge in [-0.1, -0.05) is 6.92 Å². The fourth-order valence-corrected chi connectivity index (χ4v) is 2.67. The third kappa shape index (κ3) is 3.49. The lowest BCUT2D eigenvalue weighted by Crippen LogP contribution is -2.20. The molecule has 1 N–H and O–H groups in total. The van der Waals surface area contributed by atoms with Crippen molar-refractivity contribution < 1.29 is 13.2 Å². The van der Waals surface area contributed by atoms with Crippen molar-refractivity contribution in [2.24, 2.45) is 0 Å². The standard InChI is InChI=1S/C11H19N3O3S/c1-5-8-18(15,16)13-10-9(14(2)3)6-7-12-11(10)17-4/h6-7,13H,5,8H2,1-4H3. The molecule has 6 nitrogen and oxygen atoms in total. The molecule has 0 atom stereocenters. The second kappa shape index (κ2) is 5.90. The monoisotopic (exact) mass is 273 g/mol. The van der Waals surface area contributed by atoms with Gasteiger partial charge >= 0.3 is 0 Å². The van der Waals surface area contributed by atoms with E-state index in [1.54, 1.807) is 17.2 Å². The van der Waals surface area contributed by atoms with Gasteiger partial charge in [0.25, 0.3) is 0 Å². The molecule has 0 fully saturated rings. The molecule has 0 aromatic carbocycles. The van der Waals surface area contributed by atoms with E-state index in [1.165, 1.54) is 7.11 Å². The minimum absolute atomic E-state index is 0.0674. The van der Waals surface area contributed by atoms with E-state index in [4.69, 9.17) is 4.74 Å². The first kappa shape index (κ1) is 14.6. The van der Waals surface area contributed by atoms with Crippen LogP contribution in [0.1, 0.15) is 13.3 Å². The number of hydrogen-bond donors (Lipinski definition) is 1. The Balaban J connectivity index is 3.20. The number of sulfonamides is 1. The lowest BCUT2D eigenvalue weighted by molar-refractivity contribution is 0.400. The lowest BCUT2D eigenvalue weighted by atomic mass is 10.3. The van der Waals surface area contributed by atoms with Crippen molar-refractivity contribution in [3.8, 4) is 5.88 Å². The van der Waals surface area contributed by atoms with E-state index in [9.17, 15) is 8.42 Å². The molecule has 1 aromatic rings. The maximum atomic E-state index is 11.8. The van der Waals surface area contributed by atoms with E-state index < -0.39 is 10.0 Å². The summed E-state index contributed by atoms with van der Waals surface area (Å²) in [5.41, 5.74) is 1.08. The first-order chi connectivity index (χ1) is 8.41. The summed E-state index contributed by atoms with van der Waals surface area (Å²) in [6.07, 6.45) is 2.13. The van der Waals surface area contributed by atoms with Crippen LogP contribution in [0.5, 0.6) is 5.88 Å². The van der Waals surface area contributed by atoms with Gasteiger partial charge in [-0.05, 0) is 12.5 Å². The van der Waals surface area contributed by atoms with E-state index in [1.807, 2.05) is 21.0 Å². The highest BCUT2D eigenvalue weighted by atomic mass is 32.2. The highest BCUT2D eigenvalue weighted by molar-refractivity contribution is 7.92. The number of hydrogen-bond acceptors (Lipinski definition) is 5. The summed E-state index contributed by atoms with van der Waals surface area (Å²) in [4.78, 5) is 5.81. The molecular weight excluding hydrogens is 254 g/mol. The van der Waals surface area contributed by atoms with E-state index >= 15 is 0 Å². The van der Waals surface area contributed by atoms with Crippen LogP contribution in [0.25, 0.3) is 0 Å². The Hall–Kier alpha value is -1.50. The Kier molecular flexibility index (Phi) is 4.77. The van der Waals surface area contributed by atoms with Crippen molar-refractivity contribution in [2.75, 3.05) is 36.6 Å². The predicted octanol–water partition coefficient (Wildman–Crippen LogP) is 1.31. The first-order valence-corrected chi connectivity index (χ1v) is 7.27. The van der Waals surface area contributed by atoms with Gasteiger partial charge in [0.15, 0.2) is 0 Å². The third-order valence-electron chi connectivity index (χ3n) is 2.30. The van der Waals surface area contributed by atoms with Gasteiger partial charge in [-0.2, -0.15) is 0 Å². The first-order valence-electron chi connectivity index (χ1n) is 5.62. The van der Waals surface area contributed by atoms with E-state index in [-0.39, 0.29) is 11.6 Å². The number of methoxy groups -OCH3 is 1. The van der Waals surface area contributed by atoms with Gasteiger partial charge in [-0.3, -0.25) is 4.72 Å². The molecule has 0 spiro atoms. The quantitative estimate of drug-likeness (QED) is 0.846. The smallest absolute Gasteiger partial charge is 0.240 e. The van der Waals surface area contributed by atoms with E-state index in [0.29, 0.717) is 17.8 Å². The van der Waals surface area contributed by atoms with Gasteiger partial charge < -0.3 is 9.64 Å². The molecule has 102 valence electrons. The number of anilines is 2. The van der Waals surface area contributed by atoms with Crippen LogP contribution in [-0.2, 0) is 10.0 Å². The second-order valence-corrected chi connectivity index (χ2v) is 5.87. The van der Waals surface area contributed by atoms with Crippen LogP contribution < -0.4 is 14.4 Å². The van der Waals surface area contributed by atoms with Crippen molar-refractivity contribution in [1.29, 1.82) is 0 Å². The van der Waals surface area contributed by atoms with Gasteiger partial charge in [-0.15, -0.1) is 0 Å². The Labute approximate surface area is 108 Å². The van der Waals surface area contributed by atoms with Gasteiger partial charge in [0.05, 0.1) is 18.6 Å². The summed E-state index contributed by atoms with van der Waals surface area (Å²) < 4.78 is 31.3. The SMILES string of the molecule is CCCS(=O)(=O)Nc1c(N(C)C)ccnc1OC. The third-order valence-corrected chi connectivity index (χ3v) is 3.76. The van der Waals surface area contributed by atoms with Crippen LogP contribution in [0.2, 0.25) is 0 Å². The number of nitrogens with one attached hydrogen (secondary N) is 1. The number of rotatable bonds is 6. The van der Waals surface area contributed by atoms with Crippen molar-refractivity contribution in [1.82, 2.24) is 4.98 Å². The van der Waals surface area contributed by atoms with Gasteiger partial charge in [0.1, 0.15) is 5.69 Å². The molecule has 0 aliphatic carbocycles. The number of pyridine rings is 1. The average molecular weight is 273 g/mol. The molecule has 0 saturated heterocycles. The Morgan fingerprint density at radius 3 is 2.61 bits per heavy atom. The molecule has 0 saturated carbocycles. The Morgan fingerprint density at radius 2 is 2.11 bits per heavy atom. The molecule has 1 rings (SSSR count). The van der Waals surface area contributed by atoms with Gasteiger partial charge in [0.2, 0.25) is 15.9 Å². The summed E-state index contributed by atoms with van der Waals surface area (Å²) in [5.74, 6) is 0.332. The van der Waals surface area contributed by atoms with Crippen LogP contribution in [0, 0.1) is 0 Å². The molecule has 7 heteroatoms. The molecule has 1 heterocycles. The van der Waals surface area contributed by atoms with Gasteiger partial charge in [-0.25, -0.2) is 13.4 Å². The highest BCUT2D eigenvalue weighted by Gasteiger charge is 2.18. The molecule has 0 aliphatic heterocycles. The number of aromatic nitrogens is 1. The van der Waals surface area contributed by atoms with Crippen molar-refractivity contribution in [3.05, 3.63) is 12.3 Å². The zero-order valence-electron chi connectivity index (χ0n) is 11.1. The van der Waals surface area contributed by atoms with E-state index in [0.717, 1.165) is 0 Å². The molecule has 18 heavy (non-hydrogen) atoms. The predicted molar refractivity (Wildman–Crippen MR) is 72.8 cm³/mol. The molecule has 0 bridgehead atoms. The molecule has 0 radical (unpaired) electrons. The van der Waals surface area contributed by atoms with Crippen LogP contribution >= 0.6 is 0 Å². The highest BCUT2D eigenvalue weighted by Crippen LogP contribution is 2.32. The summed E-state index contributed by atoms with van der Waals surface area (Å²) in [5, 5.41) is 0. The minimum atomic E-state index is -3.37. The van der Waals surface area contributed by atoms with Crippen molar-refractivity contribution >= 4 is 21.4 Å². The Morgan fingerprint density at radius 1 is 1.44 bits per heavy atom. The number of nitrogens with zero attached hydrogens (tertiary/aromatic N) is 2. The number of ether oxygens (including phenoxy) is 1. The fourth-order valence-electron chi connectivity index (χ4n) is 1.53. The van der Waals surface area contributed by atoms with Crippen molar-refractivity contribution in [2.45, 2.75) is 13.3 Å². The molecule has 0 unspecified atom stereocenters. The normalized spacial score (nSPS) is 11.1. The minimum Gasteiger partial charge on any atom is -0.479 e. The van der Waals surface area contributed by atoms with E-state index in [2.05, 4.69) is 9.71 Å². The van der Waals surface area contributed by atoms with Crippen LogP contribution in [0.4, 0.5) is 11.4 Å². The van der Waals surface area contributed by atoms with Gasteiger partial charge in [0, 0.05) is 20.3 Å². The summed E-state index contributed by atoms with van der Waals surface area (Å²) in [6, 6.07) is 1.73. The fraction of sp³-hybridized carbons (Fsp3) is 0.545. The van der Waals surface area contributed by atoms with Crippen LogP contribution in [0.15, 0.2) is 12.3 Å². The summed E-state index contributed by atoms with van der Waals surface area (Å²) in [7, 11) is 1.74. The molecular formula is C11H19N3O3S. The maximum absolute atomic E-state index is 11.8. The Bertz CT molecular complexity index is 500. The molecule has 1 aromatic heterocycles. The topological polar surface area (TPSA) is 71.5 Å².